The number of ether oxygens (including phenoxy) is 1. The van der Waals surface area contributed by atoms with Gasteiger partial charge in [0, 0.05) is 18.9 Å². The van der Waals surface area contributed by atoms with Crippen LogP contribution < -0.4 is 9.46 Å². The summed E-state index contributed by atoms with van der Waals surface area (Å²) >= 11 is 0. The zero-order valence-electron chi connectivity index (χ0n) is 14.7. The molecule has 3 aromatic rings. The molecule has 3 rings (SSSR count). The summed E-state index contributed by atoms with van der Waals surface area (Å²) in [4.78, 5) is 4.43. The second-order valence-electron chi connectivity index (χ2n) is 5.70. The van der Waals surface area contributed by atoms with Gasteiger partial charge in [-0.15, -0.1) is 0 Å². The lowest BCUT2D eigenvalue weighted by molar-refractivity contribution is 0.340. The predicted molar refractivity (Wildman–Crippen MR) is 99.9 cm³/mol. The summed E-state index contributed by atoms with van der Waals surface area (Å²) in [6.07, 6.45) is 3.57. The van der Waals surface area contributed by atoms with Gasteiger partial charge in [-0.05, 0) is 49.7 Å². The van der Waals surface area contributed by atoms with Crippen LogP contribution in [0, 0.1) is 6.92 Å². The van der Waals surface area contributed by atoms with Gasteiger partial charge in [-0.1, -0.05) is 18.2 Å². The van der Waals surface area contributed by atoms with Crippen molar-refractivity contribution in [1.29, 1.82) is 0 Å². The Balaban J connectivity index is 1.79. The average Bonchev–Trinajstić information content (AvgIpc) is 3.07. The van der Waals surface area contributed by atoms with E-state index in [0.717, 1.165) is 17.1 Å². The van der Waals surface area contributed by atoms with Gasteiger partial charge in [0.1, 0.15) is 11.6 Å². The molecule has 136 valence electrons. The fraction of sp³-hybridized carbons (Fsp3) is 0.211. The number of nitrogens with one attached hydrogen (secondary N) is 1. The lowest BCUT2D eigenvalue weighted by atomic mass is 10.2. The van der Waals surface area contributed by atoms with Crippen molar-refractivity contribution in [2.45, 2.75) is 25.3 Å². The van der Waals surface area contributed by atoms with Crippen LogP contribution in [0.15, 0.2) is 65.8 Å². The molecule has 0 spiro atoms. The minimum Gasteiger partial charge on any atom is -0.494 e. The van der Waals surface area contributed by atoms with E-state index in [9.17, 15) is 8.42 Å². The Bertz CT molecular complexity index is 979. The number of imidazole rings is 1. The second kappa shape index (κ2) is 7.72. The summed E-state index contributed by atoms with van der Waals surface area (Å²) in [6.45, 7) is 4.50. The Labute approximate surface area is 153 Å². The highest BCUT2D eigenvalue weighted by Gasteiger charge is 2.15. The van der Waals surface area contributed by atoms with Gasteiger partial charge in [0.15, 0.2) is 0 Å². The Hall–Kier alpha value is -2.64. The van der Waals surface area contributed by atoms with E-state index in [-0.39, 0.29) is 11.4 Å². The largest absolute Gasteiger partial charge is 0.494 e. The van der Waals surface area contributed by atoms with Gasteiger partial charge in [0.25, 0.3) is 0 Å². The van der Waals surface area contributed by atoms with Gasteiger partial charge < -0.3 is 9.30 Å². The highest BCUT2D eigenvalue weighted by atomic mass is 32.2. The first-order chi connectivity index (χ1) is 12.5. The monoisotopic (exact) mass is 371 g/mol. The maximum Gasteiger partial charge on any atom is 0.240 e. The molecule has 0 aliphatic heterocycles. The zero-order valence-corrected chi connectivity index (χ0v) is 15.5. The predicted octanol–water partition coefficient (Wildman–Crippen LogP) is 3.06. The summed E-state index contributed by atoms with van der Waals surface area (Å²) < 4.78 is 35.1. The summed E-state index contributed by atoms with van der Waals surface area (Å²) in [6, 6.07) is 14.0. The lowest BCUT2D eigenvalue weighted by Crippen LogP contribution is -2.24. The average molecular weight is 371 g/mol. The van der Waals surface area contributed by atoms with Crippen molar-refractivity contribution in [2.75, 3.05) is 6.61 Å². The van der Waals surface area contributed by atoms with Crippen molar-refractivity contribution in [1.82, 2.24) is 14.3 Å². The van der Waals surface area contributed by atoms with E-state index >= 15 is 0 Å². The van der Waals surface area contributed by atoms with Gasteiger partial charge in [-0.3, -0.25) is 0 Å². The number of para-hydroxylation sites is 1. The van der Waals surface area contributed by atoms with Gasteiger partial charge in [-0.25, -0.2) is 18.1 Å². The quantitative estimate of drug-likeness (QED) is 0.693. The van der Waals surface area contributed by atoms with Crippen molar-refractivity contribution in [3.63, 3.8) is 0 Å². The molecule has 0 amide bonds. The molecule has 7 heteroatoms. The molecule has 0 fully saturated rings. The minimum atomic E-state index is -3.62. The van der Waals surface area contributed by atoms with Crippen LogP contribution in [-0.4, -0.2) is 24.6 Å². The van der Waals surface area contributed by atoms with Crippen LogP contribution in [0.5, 0.6) is 5.75 Å². The number of hydrogen-bond acceptors (Lipinski definition) is 4. The van der Waals surface area contributed by atoms with E-state index in [1.165, 1.54) is 0 Å². The lowest BCUT2D eigenvalue weighted by Gasteiger charge is -2.13. The first-order valence-electron chi connectivity index (χ1n) is 8.32. The van der Waals surface area contributed by atoms with Gasteiger partial charge in [0.05, 0.1) is 17.2 Å². The number of aryl methyl sites for hydroxylation is 1. The van der Waals surface area contributed by atoms with Crippen LogP contribution in [0.25, 0.3) is 5.69 Å². The summed E-state index contributed by atoms with van der Waals surface area (Å²) in [5.41, 5.74) is 1.76. The van der Waals surface area contributed by atoms with Crippen LogP contribution in [0.3, 0.4) is 0 Å². The Morgan fingerprint density at radius 3 is 2.50 bits per heavy atom. The second-order valence-corrected chi connectivity index (χ2v) is 7.47. The molecule has 1 N–H and O–H groups in total. The van der Waals surface area contributed by atoms with E-state index < -0.39 is 10.0 Å². The molecule has 6 nitrogen and oxygen atoms in total. The van der Waals surface area contributed by atoms with Crippen molar-refractivity contribution >= 4 is 10.0 Å². The molecule has 2 aromatic carbocycles. The molecule has 0 saturated carbocycles. The molecule has 1 heterocycles. The van der Waals surface area contributed by atoms with Crippen molar-refractivity contribution in [3.8, 4) is 11.4 Å². The molecule has 0 aliphatic carbocycles. The third-order valence-electron chi connectivity index (χ3n) is 3.97. The fourth-order valence-electron chi connectivity index (χ4n) is 2.67. The third kappa shape index (κ3) is 3.95. The molecule has 0 atom stereocenters. The summed E-state index contributed by atoms with van der Waals surface area (Å²) in [7, 11) is -3.62. The van der Waals surface area contributed by atoms with Crippen LogP contribution in [0.2, 0.25) is 0 Å². The van der Waals surface area contributed by atoms with Crippen LogP contribution in [-0.2, 0) is 16.6 Å². The van der Waals surface area contributed by atoms with Crippen molar-refractivity contribution in [3.05, 3.63) is 72.3 Å². The van der Waals surface area contributed by atoms with Crippen LogP contribution in [0.1, 0.15) is 18.3 Å². The van der Waals surface area contributed by atoms with E-state index in [2.05, 4.69) is 9.71 Å². The highest BCUT2D eigenvalue weighted by Crippen LogP contribution is 2.19. The highest BCUT2D eigenvalue weighted by molar-refractivity contribution is 7.89. The van der Waals surface area contributed by atoms with E-state index in [4.69, 9.17) is 4.74 Å². The molecule has 0 saturated heterocycles. The van der Waals surface area contributed by atoms with E-state index in [0.29, 0.717) is 12.4 Å². The number of sulfonamides is 1. The number of rotatable bonds is 7. The summed E-state index contributed by atoms with van der Waals surface area (Å²) in [5, 5.41) is 0. The number of nitrogens with zero attached hydrogens (tertiary/aromatic N) is 2. The maximum absolute atomic E-state index is 12.6. The van der Waals surface area contributed by atoms with Crippen molar-refractivity contribution in [2.24, 2.45) is 0 Å². The van der Waals surface area contributed by atoms with Gasteiger partial charge in [-0.2, -0.15) is 0 Å². The first-order valence-corrected chi connectivity index (χ1v) is 9.80. The molecule has 1 aromatic heterocycles. The molecule has 0 bridgehead atoms. The minimum absolute atomic E-state index is 0.184. The first kappa shape index (κ1) is 18.2. The molecule has 0 unspecified atom stereocenters. The SMILES string of the molecule is CCOc1ccc(S(=O)(=O)NCc2ccccc2-n2ccnc2C)cc1. The van der Waals surface area contributed by atoms with Crippen LogP contribution in [0.4, 0.5) is 0 Å². The standard InChI is InChI=1S/C19H21N3O3S/c1-3-25-17-8-10-18(11-9-17)26(23,24)21-14-16-6-4-5-7-19(16)22-13-12-20-15(22)2/h4-13,21H,3,14H2,1-2H3. The normalized spacial score (nSPS) is 11.5. The Kier molecular flexibility index (Phi) is 5.39. The van der Waals surface area contributed by atoms with Gasteiger partial charge >= 0.3 is 0 Å². The topological polar surface area (TPSA) is 73.2 Å². The van der Waals surface area contributed by atoms with Crippen LogP contribution >= 0.6 is 0 Å². The van der Waals surface area contributed by atoms with E-state index in [1.807, 2.05) is 48.9 Å². The molecular weight excluding hydrogens is 350 g/mol. The number of hydrogen-bond donors (Lipinski definition) is 1. The molecule has 0 aliphatic rings. The zero-order chi connectivity index (χ0) is 18.6. The van der Waals surface area contributed by atoms with Gasteiger partial charge in [0.2, 0.25) is 10.0 Å². The van der Waals surface area contributed by atoms with Crippen molar-refractivity contribution < 1.29 is 13.2 Å². The van der Waals surface area contributed by atoms with E-state index in [1.54, 1.807) is 30.5 Å². The fourth-order valence-corrected chi connectivity index (χ4v) is 3.67. The smallest absolute Gasteiger partial charge is 0.240 e. The maximum atomic E-state index is 12.6. The Morgan fingerprint density at radius 1 is 1.12 bits per heavy atom. The molecular formula is C19H21N3O3S. The third-order valence-corrected chi connectivity index (χ3v) is 5.39. The molecule has 0 radical (unpaired) electrons. The Morgan fingerprint density at radius 2 is 1.85 bits per heavy atom. The number of benzene rings is 2. The molecule has 26 heavy (non-hydrogen) atoms. The summed E-state index contributed by atoms with van der Waals surface area (Å²) in [5.74, 6) is 1.49. The number of aromatic nitrogens is 2.